The fraction of sp³-hybridized carbons (Fsp3) is 0.917. The molecule has 1 unspecified atom stereocenters. The van der Waals surface area contributed by atoms with Gasteiger partial charge >= 0.3 is 6.03 Å². The number of nitrogens with one attached hydrogen (secondary N) is 2. The molecule has 0 heterocycles. The number of urea groups is 1. The molecule has 3 nitrogen and oxygen atoms in total. The normalized spacial score (nSPS) is 19.1. The Hall–Kier alpha value is -0.380. The van der Waals surface area contributed by atoms with E-state index in [0.29, 0.717) is 12.1 Å². The maximum atomic E-state index is 11.7. The summed E-state index contributed by atoms with van der Waals surface area (Å²) in [6.45, 7) is 2.11. The summed E-state index contributed by atoms with van der Waals surface area (Å²) in [5.41, 5.74) is 0. The fourth-order valence-electron chi connectivity index (χ4n) is 2.12. The predicted molar refractivity (Wildman–Crippen MR) is 71.0 cm³/mol. The Morgan fingerprint density at radius 2 is 2.06 bits per heavy atom. The summed E-state index contributed by atoms with van der Waals surface area (Å²) in [6, 6.07) is 0.729. The van der Waals surface area contributed by atoms with E-state index >= 15 is 0 Å². The Bertz CT molecular complexity index is 196. The van der Waals surface area contributed by atoms with Gasteiger partial charge in [-0.2, -0.15) is 11.8 Å². The van der Waals surface area contributed by atoms with Gasteiger partial charge in [0.05, 0.1) is 0 Å². The van der Waals surface area contributed by atoms with Crippen LogP contribution in [0, 0.1) is 0 Å². The summed E-state index contributed by atoms with van der Waals surface area (Å²) < 4.78 is 0. The van der Waals surface area contributed by atoms with Gasteiger partial charge in [-0.1, -0.05) is 26.2 Å². The van der Waals surface area contributed by atoms with Crippen molar-refractivity contribution >= 4 is 17.8 Å². The van der Waals surface area contributed by atoms with Crippen molar-refractivity contribution < 1.29 is 4.79 Å². The molecule has 16 heavy (non-hydrogen) atoms. The topological polar surface area (TPSA) is 41.1 Å². The minimum Gasteiger partial charge on any atom is -0.335 e. The van der Waals surface area contributed by atoms with Crippen LogP contribution in [0.5, 0.6) is 0 Å². The van der Waals surface area contributed by atoms with Crippen molar-refractivity contribution in [3.05, 3.63) is 0 Å². The predicted octanol–water partition coefficient (Wildman–Crippen LogP) is 2.76. The Balaban J connectivity index is 2.22. The highest BCUT2D eigenvalue weighted by Crippen LogP contribution is 2.17. The first-order valence-electron chi connectivity index (χ1n) is 6.32. The van der Waals surface area contributed by atoms with E-state index < -0.39 is 0 Å². The molecule has 1 aliphatic carbocycles. The van der Waals surface area contributed by atoms with Gasteiger partial charge in [0.25, 0.3) is 0 Å². The lowest BCUT2D eigenvalue weighted by molar-refractivity contribution is 0.229. The summed E-state index contributed by atoms with van der Waals surface area (Å²) in [7, 11) is 0. The Labute approximate surface area is 103 Å². The number of hydrogen-bond donors (Lipinski definition) is 2. The molecule has 4 heteroatoms. The van der Waals surface area contributed by atoms with E-state index in [1.165, 1.54) is 19.3 Å². The molecule has 2 amide bonds. The average molecular weight is 244 g/mol. The largest absolute Gasteiger partial charge is 0.335 e. The number of thioether (sulfide) groups is 1. The molecule has 0 aliphatic heterocycles. The lowest BCUT2D eigenvalue weighted by atomic mass is 9.96. The molecular weight excluding hydrogens is 220 g/mol. The van der Waals surface area contributed by atoms with Crippen molar-refractivity contribution in [2.24, 2.45) is 0 Å². The van der Waals surface area contributed by atoms with Gasteiger partial charge in [-0.25, -0.2) is 4.79 Å². The van der Waals surface area contributed by atoms with E-state index in [4.69, 9.17) is 0 Å². The highest BCUT2D eigenvalue weighted by atomic mass is 32.2. The Kier molecular flexibility index (Phi) is 6.69. The molecule has 1 atom stereocenters. The second-order valence-electron chi connectivity index (χ2n) is 4.51. The smallest absolute Gasteiger partial charge is 0.315 e. The lowest BCUT2D eigenvalue weighted by Crippen LogP contribution is -2.47. The second-order valence-corrected chi connectivity index (χ2v) is 5.42. The third-order valence-electron chi connectivity index (χ3n) is 3.14. The van der Waals surface area contributed by atoms with Gasteiger partial charge in [0.2, 0.25) is 0 Å². The van der Waals surface area contributed by atoms with Crippen LogP contribution in [0.15, 0.2) is 0 Å². The van der Waals surface area contributed by atoms with Gasteiger partial charge in [-0.3, -0.25) is 0 Å². The minimum absolute atomic E-state index is 0.0211. The van der Waals surface area contributed by atoms with Crippen LogP contribution in [0.4, 0.5) is 4.79 Å². The molecule has 1 rings (SSSR count). The van der Waals surface area contributed by atoms with Crippen LogP contribution < -0.4 is 10.6 Å². The van der Waals surface area contributed by atoms with Crippen molar-refractivity contribution in [3.63, 3.8) is 0 Å². The van der Waals surface area contributed by atoms with E-state index in [2.05, 4.69) is 23.8 Å². The van der Waals surface area contributed by atoms with Crippen LogP contribution in [0.2, 0.25) is 0 Å². The van der Waals surface area contributed by atoms with Crippen molar-refractivity contribution in [2.75, 3.05) is 12.0 Å². The zero-order valence-electron chi connectivity index (χ0n) is 10.4. The fourth-order valence-corrected chi connectivity index (χ4v) is 2.84. The van der Waals surface area contributed by atoms with E-state index in [0.717, 1.165) is 25.0 Å². The van der Waals surface area contributed by atoms with E-state index in [-0.39, 0.29) is 6.03 Å². The van der Waals surface area contributed by atoms with Crippen LogP contribution >= 0.6 is 11.8 Å². The molecule has 94 valence electrons. The second kappa shape index (κ2) is 7.82. The molecule has 0 bridgehead atoms. The quantitative estimate of drug-likeness (QED) is 0.781. The van der Waals surface area contributed by atoms with E-state index in [1.807, 2.05) is 0 Å². The molecule has 0 aromatic heterocycles. The maximum Gasteiger partial charge on any atom is 0.315 e. The van der Waals surface area contributed by atoms with Gasteiger partial charge in [0.15, 0.2) is 0 Å². The minimum atomic E-state index is 0.0211. The van der Waals surface area contributed by atoms with Crippen molar-refractivity contribution in [3.8, 4) is 0 Å². The van der Waals surface area contributed by atoms with Gasteiger partial charge < -0.3 is 10.6 Å². The van der Waals surface area contributed by atoms with E-state index in [9.17, 15) is 4.79 Å². The third-order valence-corrected chi connectivity index (χ3v) is 3.87. The average Bonchev–Trinajstić information content (AvgIpc) is 2.29. The van der Waals surface area contributed by atoms with Crippen LogP contribution in [0.1, 0.15) is 45.4 Å². The first-order chi connectivity index (χ1) is 7.76. The number of carbonyl (C=O) groups excluding carboxylic acids is 1. The number of amides is 2. The standard InChI is InChI=1S/C12H24N2OS/c1-3-10(9-16-2)13-12(15)14-11-7-5-4-6-8-11/h10-11H,3-9H2,1-2H3,(H2,13,14,15). The molecule has 1 aliphatic rings. The summed E-state index contributed by atoms with van der Waals surface area (Å²) in [5.74, 6) is 0.995. The molecule has 1 fully saturated rings. The highest BCUT2D eigenvalue weighted by molar-refractivity contribution is 7.98. The van der Waals surface area contributed by atoms with Crippen LogP contribution in [0.3, 0.4) is 0 Å². The molecule has 0 radical (unpaired) electrons. The van der Waals surface area contributed by atoms with Crippen molar-refractivity contribution in [1.29, 1.82) is 0 Å². The molecular formula is C12H24N2OS. The summed E-state index contributed by atoms with van der Waals surface area (Å²) in [4.78, 5) is 11.7. The monoisotopic (exact) mass is 244 g/mol. The van der Waals surface area contributed by atoms with E-state index in [1.54, 1.807) is 11.8 Å². The molecule has 0 spiro atoms. The van der Waals surface area contributed by atoms with Gasteiger partial charge in [-0.15, -0.1) is 0 Å². The van der Waals surface area contributed by atoms with Gasteiger partial charge in [-0.05, 0) is 25.5 Å². The van der Waals surface area contributed by atoms with Crippen LogP contribution in [-0.4, -0.2) is 30.1 Å². The zero-order chi connectivity index (χ0) is 11.8. The summed E-state index contributed by atoms with van der Waals surface area (Å²) in [5, 5.41) is 6.13. The molecule has 0 aromatic carbocycles. The van der Waals surface area contributed by atoms with Crippen LogP contribution in [-0.2, 0) is 0 Å². The number of carbonyl (C=O) groups is 1. The molecule has 1 saturated carbocycles. The number of hydrogen-bond acceptors (Lipinski definition) is 2. The summed E-state index contributed by atoms with van der Waals surface area (Å²) >= 11 is 1.78. The highest BCUT2D eigenvalue weighted by Gasteiger charge is 2.16. The SMILES string of the molecule is CCC(CSC)NC(=O)NC1CCCCC1. The molecule has 0 aromatic rings. The zero-order valence-corrected chi connectivity index (χ0v) is 11.2. The van der Waals surface area contributed by atoms with Crippen LogP contribution in [0.25, 0.3) is 0 Å². The first-order valence-corrected chi connectivity index (χ1v) is 7.71. The molecule has 0 saturated heterocycles. The Morgan fingerprint density at radius 1 is 1.38 bits per heavy atom. The lowest BCUT2D eigenvalue weighted by Gasteiger charge is -2.24. The van der Waals surface area contributed by atoms with Gasteiger partial charge in [0, 0.05) is 17.8 Å². The van der Waals surface area contributed by atoms with Crippen molar-refractivity contribution in [1.82, 2.24) is 10.6 Å². The number of rotatable bonds is 5. The van der Waals surface area contributed by atoms with Crippen molar-refractivity contribution in [2.45, 2.75) is 57.5 Å². The summed E-state index contributed by atoms with van der Waals surface area (Å²) in [6.07, 6.45) is 9.20. The van der Waals surface area contributed by atoms with Gasteiger partial charge in [0.1, 0.15) is 0 Å². The molecule has 2 N–H and O–H groups in total. The third kappa shape index (κ3) is 5.10. The maximum absolute atomic E-state index is 11.7. The Morgan fingerprint density at radius 3 is 2.62 bits per heavy atom. The first kappa shape index (κ1) is 13.7.